The van der Waals surface area contributed by atoms with Crippen LogP contribution < -0.4 is 16.4 Å². The smallest absolute Gasteiger partial charge is 0.256 e. The lowest BCUT2D eigenvalue weighted by molar-refractivity contribution is -0.134. The van der Waals surface area contributed by atoms with E-state index >= 15 is 0 Å². The van der Waals surface area contributed by atoms with Crippen LogP contribution in [0.5, 0.6) is 0 Å². The van der Waals surface area contributed by atoms with Gasteiger partial charge in [-0.15, -0.1) is 0 Å². The summed E-state index contributed by atoms with van der Waals surface area (Å²) in [4.78, 5) is 38.9. The highest BCUT2D eigenvalue weighted by molar-refractivity contribution is 6.02. The number of ether oxygens (including phenoxy) is 1. The Balaban J connectivity index is 1.58. The quantitative estimate of drug-likeness (QED) is 0.553. The summed E-state index contributed by atoms with van der Waals surface area (Å²) in [5, 5.41) is 5.44. The lowest BCUT2D eigenvalue weighted by Crippen LogP contribution is -2.49. The minimum absolute atomic E-state index is 0.228. The fourth-order valence-electron chi connectivity index (χ4n) is 3.06. The Labute approximate surface area is 175 Å². The van der Waals surface area contributed by atoms with Gasteiger partial charge in [-0.05, 0) is 23.3 Å². The maximum absolute atomic E-state index is 12.6. The Bertz CT molecular complexity index is 899. The van der Waals surface area contributed by atoms with Crippen molar-refractivity contribution in [1.29, 1.82) is 0 Å². The predicted molar refractivity (Wildman–Crippen MR) is 112 cm³/mol. The van der Waals surface area contributed by atoms with Gasteiger partial charge in [-0.25, -0.2) is 0 Å². The van der Waals surface area contributed by atoms with Gasteiger partial charge < -0.3 is 26.0 Å². The maximum atomic E-state index is 12.6. The Hall–Kier alpha value is -3.23. The molecule has 1 aliphatic rings. The number of benzene rings is 2. The van der Waals surface area contributed by atoms with Crippen LogP contribution in [0.1, 0.15) is 11.1 Å². The number of carbonyl (C=O) groups excluding carboxylic acids is 3. The summed E-state index contributed by atoms with van der Waals surface area (Å²) in [6.45, 7) is 0.415. The van der Waals surface area contributed by atoms with E-state index in [1.165, 1.54) is 4.90 Å². The molecule has 2 aromatic rings. The van der Waals surface area contributed by atoms with E-state index in [-0.39, 0.29) is 5.91 Å². The number of carbonyl (C=O) groups is 3. The van der Waals surface area contributed by atoms with E-state index in [1.54, 1.807) is 26.2 Å². The van der Waals surface area contributed by atoms with Crippen molar-refractivity contribution >= 4 is 23.4 Å². The van der Waals surface area contributed by atoms with Crippen molar-refractivity contribution in [1.82, 2.24) is 10.2 Å². The van der Waals surface area contributed by atoms with Crippen molar-refractivity contribution in [3.63, 3.8) is 0 Å². The van der Waals surface area contributed by atoms with Gasteiger partial charge in [-0.3, -0.25) is 14.4 Å². The van der Waals surface area contributed by atoms with E-state index in [0.29, 0.717) is 18.7 Å². The number of epoxide rings is 1. The lowest BCUT2D eigenvalue weighted by Gasteiger charge is -2.21. The predicted octanol–water partition coefficient (Wildman–Crippen LogP) is 0.667. The Kier molecular flexibility index (Phi) is 6.81. The molecule has 3 amide bonds. The van der Waals surface area contributed by atoms with Crippen molar-refractivity contribution in [2.75, 3.05) is 19.4 Å². The van der Waals surface area contributed by atoms with Crippen molar-refractivity contribution in [2.45, 2.75) is 31.2 Å². The lowest BCUT2D eigenvalue weighted by atomic mass is 10.0. The first-order valence-electron chi connectivity index (χ1n) is 9.70. The van der Waals surface area contributed by atoms with Crippen LogP contribution in [0, 0.1) is 0 Å². The highest BCUT2D eigenvalue weighted by Gasteiger charge is 2.51. The van der Waals surface area contributed by atoms with E-state index in [9.17, 15) is 14.4 Å². The molecule has 2 aromatic carbocycles. The van der Waals surface area contributed by atoms with Gasteiger partial charge in [0.25, 0.3) is 11.8 Å². The van der Waals surface area contributed by atoms with Crippen molar-refractivity contribution in [3.05, 3.63) is 65.7 Å². The fourth-order valence-corrected chi connectivity index (χ4v) is 3.06. The summed E-state index contributed by atoms with van der Waals surface area (Å²) in [6.07, 6.45) is -1.45. The van der Waals surface area contributed by atoms with Crippen LogP contribution in [0.25, 0.3) is 0 Å². The van der Waals surface area contributed by atoms with Gasteiger partial charge in [0.15, 0.2) is 12.2 Å². The molecule has 8 nitrogen and oxygen atoms in total. The number of anilines is 1. The fraction of sp³-hybridized carbons (Fsp3) is 0.318. The number of nitrogens with zero attached hydrogens (tertiary/aromatic N) is 1. The molecule has 30 heavy (non-hydrogen) atoms. The highest BCUT2D eigenvalue weighted by Crippen LogP contribution is 2.24. The van der Waals surface area contributed by atoms with Gasteiger partial charge in [0.1, 0.15) is 6.04 Å². The second kappa shape index (κ2) is 9.51. The molecule has 158 valence electrons. The van der Waals surface area contributed by atoms with Crippen LogP contribution in [0.2, 0.25) is 0 Å². The zero-order valence-electron chi connectivity index (χ0n) is 17.0. The highest BCUT2D eigenvalue weighted by atomic mass is 16.6. The molecular weight excluding hydrogens is 384 g/mol. The molecule has 0 saturated carbocycles. The van der Waals surface area contributed by atoms with E-state index < -0.39 is 30.1 Å². The average Bonchev–Trinajstić information content (AvgIpc) is 3.55. The van der Waals surface area contributed by atoms with Gasteiger partial charge in [0.05, 0.1) is 0 Å². The number of hydrogen-bond donors (Lipinski definition) is 3. The molecule has 3 atom stereocenters. The van der Waals surface area contributed by atoms with Crippen molar-refractivity contribution in [3.8, 4) is 0 Å². The van der Waals surface area contributed by atoms with Gasteiger partial charge in [-0.2, -0.15) is 0 Å². The number of nitrogens with two attached hydrogens (primary N) is 1. The summed E-state index contributed by atoms with van der Waals surface area (Å²) in [7, 11) is 3.26. The summed E-state index contributed by atoms with van der Waals surface area (Å²) in [6, 6.07) is 15.8. The first kappa shape index (κ1) is 21.5. The second-order valence-electron chi connectivity index (χ2n) is 7.35. The average molecular weight is 410 g/mol. The summed E-state index contributed by atoms with van der Waals surface area (Å²) >= 11 is 0. The zero-order chi connectivity index (χ0) is 21.7. The Morgan fingerprint density at radius 3 is 2.20 bits per heavy atom. The molecule has 0 spiro atoms. The van der Waals surface area contributed by atoms with E-state index in [2.05, 4.69) is 10.6 Å². The summed E-state index contributed by atoms with van der Waals surface area (Å²) < 4.78 is 5.28. The minimum Gasteiger partial charge on any atom is -0.349 e. The van der Waals surface area contributed by atoms with Crippen LogP contribution in [0.3, 0.4) is 0 Å². The third-order valence-electron chi connectivity index (χ3n) is 4.80. The molecule has 1 heterocycles. The van der Waals surface area contributed by atoms with Gasteiger partial charge >= 0.3 is 0 Å². The zero-order valence-corrected chi connectivity index (χ0v) is 17.0. The molecule has 4 N–H and O–H groups in total. The van der Waals surface area contributed by atoms with Crippen LogP contribution >= 0.6 is 0 Å². The number of amides is 3. The van der Waals surface area contributed by atoms with Crippen LogP contribution in [0.15, 0.2) is 54.6 Å². The standard InChI is InChI=1S/C22H26N4O4/c1-26(2)22(29)17(12-14-6-4-3-5-7-14)25-21(28)19-18(30-19)20(27)24-16-10-8-15(13-23)9-11-16/h3-11,17-19H,12-13,23H2,1-2H3,(H,24,27)(H,25,28)/t17-,18-,19-/m0/s1. The Morgan fingerprint density at radius 2 is 1.60 bits per heavy atom. The molecule has 8 heteroatoms. The van der Waals surface area contributed by atoms with Gasteiger partial charge in [-0.1, -0.05) is 42.5 Å². The molecule has 0 bridgehead atoms. The SMILES string of the molecule is CN(C)C(=O)[C@H](Cc1ccccc1)NC(=O)[C@H]1O[C@@H]1C(=O)Nc1ccc(CN)cc1. The summed E-state index contributed by atoms with van der Waals surface area (Å²) in [5.74, 6) is -1.12. The number of likely N-dealkylation sites (N-methyl/N-ethyl adjacent to an activating group) is 1. The molecule has 1 saturated heterocycles. The molecular formula is C22H26N4O4. The van der Waals surface area contributed by atoms with E-state index in [0.717, 1.165) is 11.1 Å². The van der Waals surface area contributed by atoms with Crippen LogP contribution in [0.4, 0.5) is 5.69 Å². The maximum Gasteiger partial charge on any atom is 0.256 e. The topological polar surface area (TPSA) is 117 Å². The molecule has 0 radical (unpaired) electrons. The molecule has 1 fully saturated rings. The molecule has 0 unspecified atom stereocenters. The first-order valence-corrected chi connectivity index (χ1v) is 9.70. The van der Waals surface area contributed by atoms with Gasteiger partial charge in [0.2, 0.25) is 5.91 Å². The van der Waals surface area contributed by atoms with Gasteiger partial charge in [0, 0.05) is 32.7 Å². The normalized spacial score (nSPS) is 18.2. The third-order valence-corrected chi connectivity index (χ3v) is 4.80. The third kappa shape index (κ3) is 5.43. The largest absolute Gasteiger partial charge is 0.349 e. The molecule has 1 aliphatic heterocycles. The molecule has 0 aliphatic carbocycles. The van der Waals surface area contributed by atoms with E-state index in [1.807, 2.05) is 42.5 Å². The van der Waals surface area contributed by atoms with Crippen LogP contribution in [-0.4, -0.2) is 55.0 Å². The number of rotatable bonds is 8. The van der Waals surface area contributed by atoms with Crippen molar-refractivity contribution in [2.24, 2.45) is 5.73 Å². The minimum atomic E-state index is -0.915. The molecule has 0 aromatic heterocycles. The number of hydrogen-bond acceptors (Lipinski definition) is 5. The molecule has 3 rings (SSSR count). The monoisotopic (exact) mass is 410 g/mol. The second-order valence-corrected chi connectivity index (χ2v) is 7.35. The number of nitrogens with one attached hydrogen (secondary N) is 2. The van der Waals surface area contributed by atoms with Crippen LogP contribution in [-0.2, 0) is 32.1 Å². The van der Waals surface area contributed by atoms with Crippen molar-refractivity contribution < 1.29 is 19.1 Å². The summed E-state index contributed by atoms with van der Waals surface area (Å²) in [5.41, 5.74) is 8.02. The Morgan fingerprint density at radius 1 is 0.967 bits per heavy atom. The van der Waals surface area contributed by atoms with E-state index in [4.69, 9.17) is 10.5 Å². The first-order chi connectivity index (χ1) is 14.4.